The number of aliphatic imine (C=N–C) groups is 3. The van der Waals surface area contributed by atoms with E-state index in [1.54, 1.807) is 18.2 Å². The lowest BCUT2D eigenvalue weighted by Crippen LogP contribution is -2.43. The van der Waals surface area contributed by atoms with Crippen molar-refractivity contribution in [2.45, 2.75) is 90.4 Å². The molecule has 0 aliphatic heterocycles. The number of nitrogens with zero attached hydrogens (tertiary/aromatic N) is 3. The summed E-state index contributed by atoms with van der Waals surface area (Å²) in [6, 6.07) is 0. The van der Waals surface area contributed by atoms with Crippen LogP contribution in [0.5, 0.6) is 0 Å². The quantitative estimate of drug-likeness (QED) is 0.0652. The van der Waals surface area contributed by atoms with E-state index in [0.29, 0.717) is 69.5 Å². The van der Waals surface area contributed by atoms with Crippen molar-refractivity contribution >= 4 is 30.4 Å². The van der Waals surface area contributed by atoms with E-state index in [1.165, 1.54) is 0 Å². The lowest BCUT2D eigenvalue weighted by Gasteiger charge is -2.32. The van der Waals surface area contributed by atoms with Gasteiger partial charge in [-0.15, -0.1) is 0 Å². The van der Waals surface area contributed by atoms with Crippen molar-refractivity contribution in [2.75, 3.05) is 65.8 Å². The lowest BCUT2D eigenvalue weighted by molar-refractivity contribution is -0.0428. The second-order valence-corrected chi connectivity index (χ2v) is 14.7. The lowest BCUT2D eigenvalue weighted by atomic mass is 9.81. The number of amides is 2. The smallest absolute Gasteiger partial charge is 0.407 e. The number of rotatable bonds is 21. The van der Waals surface area contributed by atoms with E-state index in [9.17, 15) is 24.0 Å². The Morgan fingerprint density at radius 3 is 1.42 bits per heavy atom. The van der Waals surface area contributed by atoms with Crippen LogP contribution in [-0.2, 0) is 28.6 Å². The van der Waals surface area contributed by atoms with E-state index < -0.39 is 17.6 Å². The van der Waals surface area contributed by atoms with Gasteiger partial charge in [-0.3, -0.25) is 5.32 Å². The molecule has 0 heterocycles. The van der Waals surface area contributed by atoms with Crippen molar-refractivity contribution in [2.24, 2.45) is 55.9 Å². The number of hydrogen-bond donors (Lipinski definition) is 3. The molecule has 280 valence electrons. The van der Waals surface area contributed by atoms with Crippen LogP contribution in [0.15, 0.2) is 15.0 Å². The molecule has 3 aliphatic carbocycles. The molecule has 50 heavy (non-hydrogen) atoms. The van der Waals surface area contributed by atoms with Crippen LogP contribution in [0.25, 0.3) is 0 Å². The summed E-state index contributed by atoms with van der Waals surface area (Å²) in [5, 5.41) is 9.17. The summed E-state index contributed by atoms with van der Waals surface area (Å²) < 4.78 is 17.5. The predicted molar refractivity (Wildman–Crippen MR) is 186 cm³/mol. The number of nitrogens with one attached hydrogen (secondary N) is 3. The Morgan fingerprint density at radius 1 is 0.620 bits per heavy atom. The molecule has 6 unspecified atom stereocenters. The molecule has 14 heteroatoms. The molecule has 0 aromatic heterocycles. The molecule has 0 aromatic carbocycles. The first kappa shape index (κ1) is 41.0. The monoisotopic (exact) mass is 702 g/mol. The molecule has 3 rings (SSSR count). The third-order valence-corrected chi connectivity index (χ3v) is 10.8. The number of ether oxygens (including phenoxy) is 3. The summed E-state index contributed by atoms with van der Waals surface area (Å²) in [6.07, 6.45) is 16.5. The Hall–Kier alpha value is -3.40. The molecule has 0 bridgehead atoms. The van der Waals surface area contributed by atoms with Gasteiger partial charge < -0.3 is 24.8 Å². The third kappa shape index (κ3) is 16.1. The fourth-order valence-corrected chi connectivity index (χ4v) is 7.79. The second kappa shape index (κ2) is 23.9. The van der Waals surface area contributed by atoms with Gasteiger partial charge in [-0.1, -0.05) is 26.2 Å². The van der Waals surface area contributed by atoms with Crippen LogP contribution in [0.1, 0.15) is 90.4 Å². The molecular weight excluding hydrogens is 644 g/mol. The molecule has 0 saturated heterocycles. The molecule has 3 N–H and O–H groups in total. The van der Waals surface area contributed by atoms with Gasteiger partial charge in [0.05, 0.1) is 38.4 Å². The van der Waals surface area contributed by atoms with Crippen LogP contribution < -0.4 is 16.0 Å². The average Bonchev–Trinajstić information content (AvgIpc) is 3.15. The van der Waals surface area contributed by atoms with Gasteiger partial charge in [-0.05, 0) is 99.7 Å². The summed E-state index contributed by atoms with van der Waals surface area (Å²) in [5.74, 6) is 2.10. The Morgan fingerprint density at radius 2 is 1.02 bits per heavy atom. The number of alkyl carbamates (subject to hydrolysis) is 2. The minimum absolute atomic E-state index is 0.00701. The van der Waals surface area contributed by atoms with Crippen LogP contribution in [0.3, 0.4) is 0 Å². The topological polar surface area (TPSA) is 186 Å². The first-order valence-electron chi connectivity index (χ1n) is 18.6. The van der Waals surface area contributed by atoms with Crippen LogP contribution >= 0.6 is 0 Å². The van der Waals surface area contributed by atoms with E-state index in [4.69, 9.17) is 14.2 Å². The maximum atomic E-state index is 12.8. The fourth-order valence-electron chi connectivity index (χ4n) is 7.79. The molecule has 14 nitrogen and oxygen atoms in total. The highest BCUT2D eigenvalue weighted by Crippen LogP contribution is 2.31. The molecular formula is C36H58N6O8. The highest BCUT2D eigenvalue weighted by molar-refractivity contribution is 5.67. The van der Waals surface area contributed by atoms with Crippen LogP contribution in [-0.4, -0.2) is 96.2 Å². The number of carbonyl (C=O) groups is 2. The van der Waals surface area contributed by atoms with Gasteiger partial charge in [0.2, 0.25) is 18.2 Å². The predicted octanol–water partition coefficient (Wildman–Crippen LogP) is 4.83. The highest BCUT2D eigenvalue weighted by atomic mass is 16.6. The normalized spacial score (nSPS) is 26.1. The molecule has 6 atom stereocenters. The Bertz CT molecular complexity index is 1110. The van der Waals surface area contributed by atoms with Gasteiger partial charge in [0.25, 0.3) is 0 Å². The average molecular weight is 703 g/mol. The summed E-state index contributed by atoms with van der Waals surface area (Å²) in [4.78, 5) is 68.4. The summed E-state index contributed by atoms with van der Waals surface area (Å²) >= 11 is 0. The molecule has 0 aromatic rings. The van der Waals surface area contributed by atoms with Gasteiger partial charge in [0.15, 0.2) is 0 Å². The van der Waals surface area contributed by atoms with Crippen molar-refractivity contribution in [3.63, 3.8) is 0 Å². The Labute approximate surface area is 296 Å². The number of hydrogen-bond acceptors (Lipinski definition) is 12. The number of isocyanates is 3. The minimum Gasteiger partial charge on any atom is -0.449 e. The summed E-state index contributed by atoms with van der Waals surface area (Å²) in [7, 11) is 0. The SMILES string of the molecule is CCC(COCNCC1CCCC(CN=C=O)C1)(COC(=O)NCC1CCCC(CN=C=O)C1)COC(=O)NCC1CCCC(CN=C=O)C1. The van der Waals surface area contributed by atoms with Crippen molar-refractivity contribution < 1.29 is 38.2 Å². The van der Waals surface area contributed by atoms with E-state index in [-0.39, 0.29) is 31.7 Å². The highest BCUT2D eigenvalue weighted by Gasteiger charge is 2.34. The zero-order valence-corrected chi connectivity index (χ0v) is 29.8. The van der Waals surface area contributed by atoms with Crippen LogP contribution in [0.4, 0.5) is 9.59 Å². The molecule has 3 fully saturated rings. The fraction of sp³-hybridized carbons (Fsp3) is 0.861. The maximum absolute atomic E-state index is 12.8. The van der Waals surface area contributed by atoms with Crippen molar-refractivity contribution in [1.82, 2.24) is 16.0 Å². The standard InChI is InChI=1S/C36H58N6O8/c1-2-36(21-48-27-40-18-31-9-3-6-28(12-31)15-37-24-43,22-49-34(46)41-19-32-10-4-7-29(13-32)16-38-25-44)23-50-35(47)42-20-33-11-5-8-30(14-33)17-39-26-45/h28-33,40H,2-23,27H2,1H3,(H,41,46)(H,42,47). The van der Waals surface area contributed by atoms with Crippen molar-refractivity contribution in [1.29, 1.82) is 0 Å². The van der Waals surface area contributed by atoms with Crippen LogP contribution in [0, 0.1) is 40.9 Å². The maximum Gasteiger partial charge on any atom is 0.407 e. The molecule has 0 radical (unpaired) electrons. The zero-order valence-electron chi connectivity index (χ0n) is 29.8. The van der Waals surface area contributed by atoms with Gasteiger partial charge in [-0.2, -0.15) is 0 Å². The zero-order chi connectivity index (χ0) is 35.9. The van der Waals surface area contributed by atoms with E-state index >= 15 is 0 Å². The molecule has 3 aliphatic rings. The molecule has 0 spiro atoms. The summed E-state index contributed by atoms with van der Waals surface area (Å²) in [6.45, 7) is 5.69. The van der Waals surface area contributed by atoms with Gasteiger partial charge >= 0.3 is 12.2 Å². The van der Waals surface area contributed by atoms with Crippen LogP contribution in [0.2, 0.25) is 0 Å². The minimum atomic E-state index is -0.759. The Kier molecular flexibility index (Phi) is 19.6. The first-order chi connectivity index (χ1) is 24.4. The Balaban J connectivity index is 1.48. The van der Waals surface area contributed by atoms with Crippen molar-refractivity contribution in [3.8, 4) is 0 Å². The van der Waals surface area contributed by atoms with E-state index in [2.05, 4.69) is 30.9 Å². The van der Waals surface area contributed by atoms with Gasteiger partial charge in [0, 0.05) is 19.6 Å². The van der Waals surface area contributed by atoms with Gasteiger partial charge in [0.1, 0.15) is 13.2 Å². The largest absolute Gasteiger partial charge is 0.449 e. The second-order valence-electron chi connectivity index (χ2n) is 14.7. The molecule has 3 saturated carbocycles. The summed E-state index contributed by atoms with van der Waals surface area (Å²) in [5.41, 5.74) is -0.759. The first-order valence-corrected chi connectivity index (χ1v) is 18.6. The molecule has 2 amide bonds. The third-order valence-electron chi connectivity index (χ3n) is 10.8. The van der Waals surface area contributed by atoms with Crippen molar-refractivity contribution in [3.05, 3.63) is 0 Å². The number of carbonyl (C=O) groups excluding carboxylic acids is 5. The van der Waals surface area contributed by atoms with Gasteiger partial charge in [-0.25, -0.2) is 38.9 Å². The van der Waals surface area contributed by atoms with E-state index in [1.807, 2.05) is 6.92 Å². The van der Waals surface area contributed by atoms with E-state index in [0.717, 1.165) is 83.6 Å².